The van der Waals surface area contributed by atoms with Gasteiger partial charge in [-0.05, 0) is 48.4 Å². The Hall–Kier alpha value is -3.27. The molecule has 1 atom stereocenters. The third-order valence-electron chi connectivity index (χ3n) is 4.94. The number of anilines is 1. The first kappa shape index (κ1) is 22.4. The van der Waals surface area contributed by atoms with Crippen LogP contribution >= 0.6 is 0 Å². The first-order valence-electron chi connectivity index (χ1n) is 9.50. The number of nitrogens with one attached hydrogen (secondary N) is 1. The Morgan fingerprint density at radius 1 is 1.16 bits per heavy atom. The Bertz CT molecular complexity index is 917. The van der Waals surface area contributed by atoms with E-state index in [2.05, 4.69) is 5.32 Å². The second kappa shape index (κ2) is 9.25. The molecule has 166 valence electrons. The van der Waals surface area contributed by atoms with Crippen molar-refractivity contribution < 1.29 is 32.6 Å². The molecule has 3 amide bonds. The lowest BCUT2D eigenvalue weighted by Gasteiger charge is -2.26. The van der Waals surface area contributed by atoms with Gasteiger partial charge in [-0.2, -0.15) is 13.2 Å². The van der Waals surface area contributed by atoms with Crippen LogP contribution in [0.4, 0.5) is 23.7 Å². The van der Waals surface area contributed by atoms with Crippen LogP contribution in [0.15, 0.2) is 48.5 Å². The number of aromatic hydroxyl groups is 1. The Labute approximate surface area is 177 Å². The minimum Gasteiger partial charge on any atom is -0.508 e. The Balaban J connectivity index is 1.58. The summed E-state index contributed by atoms with van der Waals surface area (Å²) in [5.74, 6) is -0.148. The minimum atomic E-state index is -4.46. The number of phenols is 1. The Kier molecular flexibility index (Phi) is 6.69. The van der Waals surface area contributed by atoms with Gasteiger partial charge in [0.15, 0.2) is 0 Å². The van der Waals surface area contributed by atoms with Crippen LogP contribution in [0.5, 0.6) is 5.75 Å². The Morgan fingerprint density at radius 2 is 1.81 bits per heavy atom. The summed E-state index contributed by atoms with van der Waals surface area (Å²) < 4.78 is 43.3. The quantitative estimate of drug-likeness (QED) is 0.752. The molecule has 1 aliphatic heterocycles. The van der Waals surface area contributed by atoms with Gasteiger partial charge in [-0.1, -0.05) is 12.1 Å². The number of carbonyl (C=O) groups excluding carboxylic acids is 2. The number of benzene rings is 2. The van der Waals surface area contributed by atoms with Crippen LogP contribution in [0.25, 0.3) is 0 Å². The Morgan fingerprint density at radius 3 is 2.42 bits per heavy atom. The summed E-state index contributed by atoms with van der Waals surface area (Å²) in [5, 5.41) is 11.8. The van der Waals surface area contributed by atoms with Crippen LogP contribution in [0.1, 0.15) is 11.1 Å². The number of hydrogen-bond acceptors (Lipinski definition) is 4. The average Bonchev–Trinajstić information content (AvgIpc) is 3.22. The van der Waals surface area contributed by atoms with Crippen molar-refractivity contribution in [2.45, 2.75) is 18.6 Å². The number of rotatable bonds is 5. The van der Waals surface area contributed by atoms with E-state index in [0.29, 0.717) is 13.0 Å². The van der Waals surface area contributed by atoms with Gasteiger partial charge in [0.25, 0.3) is 0 Å². The van der Waals surface area contributed by atoms with Gasteiger partial charge in [0, 0.05) is 19.3 Å². The number of halogens is 3. The maximum Gasteiger partial charge on any atom is 0.416 e. The molecule has 7 nitrogen and oxygen atoms in total. The number of hydrogen-bond donors (Lipinski definition) is 2. The molecule has 1 fully saturated rings. The smallest absolute Gasteiger partial charge is 0.416 e. The molecule has 2 aromatic rings. The number of carbonyl (C=O) groups is 2. The lowest BCUT2D eigenvalue weighted by molar-refractivity contribution is -0.137. The van der Waals surface area contributed by atoms with Crippen LogP contribution in [-0.4, -0.2) is 59.8 Å². The van der Waals surface area contributed by atoms with E-state index in [1.807, 2.05) is 0 Å². The highest BCUT2D eigenvalue weighted by Crippen LogP contribution is 2.30. The van der Waals surface area contributed by atoms with Gasteiger partial charge in [-0.25, -0.2) is 4.79 Å². The van der Waals surface area contributed by atoms with E-state index in [-0.39, 0.29) is 30.7 Å². The highest BCUT2D eigenvalue weighted by atomic mass is 19.4. The number of phenolic OH excluding ortho intramolecular Hbond substituents is 1. The van der Waals surface area contributed by atoms with E-state index in [0.717, 1.165) is 29.8 Å². The van der Waals surface area contributed by atoms with Crippen molar-refractivity contribution >= 4 is 17.6 Å². The molecule has 0 unspecified atom stereocenters. The van der Waals surface area contributed by atoms with Crippen molar-refractivity contribution in [1.29, 1.82) is 0 Å². The first-order valence-corrected chi connectivity index (χ1v) is 9.50. The molecule has 0 saturated carbocycles. The zero-order chi connectivity index (χ0) is 22.6. The molecule has 2 aromatic carbocycles. The molecule has 0 radical (unpaired) electrons. The van der Waals surface area contributed by atoms with Crippen molar-refractivity contribution in [3.63, 3.8) is 0 Å². The van der Waals surface area contributed by atoms with Crippen molar-refractivity contribution in [3.8, 4) is 5.75 Å². The third kappa shape index (κ3) is 5.66. The lowest BCUT2D eigenvalue weighted by atomic mass is 10.1. The standard InChI is InChI=1S/C21H22F3N3O4/c1-26(11-10-14-2-8-17(28)9-3-14)19(29)18-12-31-13-27(18)20(30)25-16-6-4-15(5-7-16)21(22,23)24/h2-9,18,28H,10-13H2,1H3,(H,25,30)/t18-/m1/s1. The molecule has 1 heterocycles. The fourth-order valence-electron chi connectivity index (χ4n) is 3.11. The van der Waals surface area contributed by atoms with Gasteiger partial charge in [0.05, 0.1) is 12.2 Å². The second-order valence-electron chi connectivity index (χ2n) is 7.17. The fourth-order valence-corrected chi connectivity index (χ4v) is 3.11. The van der Waals surface area contributed by atoms with Crippen LogP contribution in [0.2, 0.25) is 0 Å². The third-order valence-corrected chi connectivity index (χ3v) is 4.94. The predicted molar refractivity (Wildman–Crippen MR) is 106 cm³/mol. The number of ether oxygens (including phenoxy) is 1. The molecule has 0 spiro atoms. The van der Waals surface area contributed by atoms with E-state index in [1.165, 1.54) is 9.80 Å². The highest BCUT2D eigenvalue weighted by Gasteiger charge is 2.37. The van der Waals surface area contributed by atoms with Crippen LogP contribution in [-0.2, 0) is 22.1 Å². The van der Waals surface area contributed by atoms with Gasteiger partial charge >= 0.3 is 12.2 Å². The first-order chi connectivity index (χ1) is 14.6. The lowest BCUT2D eigenvalue weighted by Crippen LogP contribution is -2.49. The van der Waals surface area contributed by atoms with Crippen molar-refractivity contribution in [2.24, 2.45) is 0 Å². The molecule has 0 aromatic heterocycles. The average molecular weight is 437 g/mol. The monoisotopic (exact) mass is 437 g/mol. The molecule has 0 bridgehead atoms. The zero-order valence-electron chi connectivity index (χ0n) is 16.7. The number of nitrogens with zero attached hydrogens (tertiary/aromatic N) is 2. The van der Waals surface area contributed by atoms with Crippen LogP contribution in [0.3, 0.4) is 0 Å². The summed E-state index contributed by atoms with van der Waals surface area (Å²) in [4.78, 5) is 28.1. The second-order valence-corrected chi connectivity index (χ2v) is 7.17. The minimum absolute atomic E-state index is 0.0306. The van der Waals surface area contributed by atoms with Crippen molar-refractivity contribution in [1.82, 2.24) is 9.80 Å². The predicted octanol–water partition coefficient (Wildman–Crippen LogP) is 3.30. The molecule has 0 aliphatic carbocycles. The normalized spacial score (nSPS) is 16.3. The number of likely N-dealkylation sites (N-methyl/N-ethyl adjacent to an activating group) is 1. The molecular formula is C21H22F3N3O4. The van der Waals surface area contributed by atoms with E-state index < -0.39 is 23.8 Å². The molecule has 10 heteroatoms. The number of amides is 3. The van der Waals surface area contributed by atoms with E-state index in [1.54, 1.807) is 31.3 Å². The summed E-state index contributed by atoms with van der Waals surface area (Å²) in [5.41, 5.74) is 0.298. The maximum atomic E-state index is 12.8. The fraction of sp³-hybridized carbons (Fsp3) is 0.333. The molecule has 31 heavy (non-hydrogen) atoms. The SMILES string of the molecule is CN(CCc1ccc(O)cc1)C(=O)[C@H]1COCN1C(=O)Nc1ccc(C(F)(F)F)cc1. The van der Waals surface area contributed by atoms with Gasteiger partial charge in [0.1, 0.15) is 18.5 Å². The summed E-state index contributed by atoms with van der Waals surface area (Å²) in [6.07, 6.45) is -3.90. The number of urea groups is 1. The molecule has 3 rings (SSSR count). The maximum absolute atomic E-state index is 12.8. The molecule has 1 aliphatic rings. The van der Waals surface area contributed by atoms with E-state index in [9.17, 15) is 27.9 Å². The van der Waals surface area contributed by atoms with Gasteiger partial charge in [-0.15, -0.1) is 0 Å². The van der Waals surface area contributed by atoms with Gasteiger partial charge in [-0.3, -0.25) is 9.69 Å². The van der Waals surface area contributed by atoms with E-state index >= 15 is 0 Å². The van der Waals surface area contributed by atoms with Crippen LogP contribution < -0.4 is 5.32 Å². The summed E-state index contributed by atoms with van der Waals surface area (Å²) in [6.45, 7) is 0.325. The largest absolute Gasteiger partial charge is 0.508 e. The summed E-state index contributed by atoms with van der Waals surface area (Å²) in [7, 11) is 1.62. The van der Waals surface area contributed by atoms with Crippen molar-refractivity contribution in [3.05, 3.63) is 59.7 Å². The zero-order valence-corrected chi connectivity index (χ0v) is 16.7. The number of alkyl halides is 3. The molecule has 2 N–H and O–H groups in total. The molecule has 1 saturated heterocycles. The van der Waals surface area contributed by atoms with Crippen LogP contribution in [0, 0.1) is 0 Å². The van der Waals surface area contributed by atoms with Crippen molar-refractivity contribution in [2.75, 3.05) is 32.2 Å². The van der Waals surface area contributed by atoms with Gasteiger partial charge in [0.2, 0.25) is 5.91 Å². The summed E-state index contributed by atoms with van der Waals surface area (Å²) >= 11 is 0. The van der Waals surface area contributed by atoms with Gasteiger partial charge < -0.3 is 20.1 Å². The highest BCUT2D eigenvalue weighted by molar-refractivity contribution is 5.94. The topological polar surface area (TPSA) is 82.1 Å². The van der Waals surface area contributed by atoms with E-state index in [4.69, 9.17) is 4.74 Å². The molecular weight excluding hydrogens is 415 g/mol. The summed E-state index contributed by atoms with van der Waals surface area (Å²) in [6, 6.07) is 9.22.